The van der Waals surface area contributed by atoms with E-state index < -0.39 is 0 Å². The summed E-state index contributed by atoms with van der Waals surface area (Å²) in [5.74, 6) is 5.79. The van der Waals surface area contributed by atoms with Crippen molar-refractivity contribution in [2.45, 2.75) is 37.8 Å². The van der Waals surface area contributed by atoms with Gasteiger partial charge in [0.25, 0.3) is 0 Å². The first kappa shape index (κ1) is 34.3. The van der Waals surface area contributed by atoms with Crippen LogP contribution in [0.3, 0.4) is 0 Å². The SMILES string of the molecule is COc1cc(CC2c3cc(OC)c(OC)cc3CCN2C)c(Oc2ccc(CC3c4cc(OC)c(OC)cc4CCN3C)cc2)cc1OC. The van der Waals surface area contributed by atoms with Crippen molar-refractivity contribution in [3.63, 3.8) is 0 Å². The van der Waals surface area contributed by atoms with Crippen molar-refractivity contribution >= 4 is 0 Å². The van der Waals surface area contributed by atoms with Crippen LogP contribution < -0.4 is 33.2 Å². The minimum atomic E-state index is 0.0975. The number of hydrogen-bond donors (Lipinski definition) is 0. The average Bonchev–Trinajstić information content (AvgIpc) is 3.13. The summed E-state index contributed by atoms with van der Waals surface area (Å²) in [7, 11) is 14.4. The first-order valence-corrected chi connectivity index (χ1v) is 16.7. The summed E-state index contributed by atoms with van der Waals surface area (Å²) in [5.41, 5.74) is 7.33. The van der Waals surface area contributed by atoms with Crippen molar-refractivity contribution in [3.8, 4) is 46.0 Å². The first-order chi connectivity index (χ1) is 23.8. The molecule has 0 fully saturated rings. The van der Waals surface area contributed by atoms with Crippen molar-refractivity contribution < 1.29 is 33.2 Å². The summed E-state index contributed by atoms with van der Waals surface area (Å²) in [6, 6.07) is 21.2. The first-order valence-electron chi connectivity index (χ1n) is 16.7. The van der Waals surface area contributed by atoms with Gasteiger partial charge in [-0.25, -0.2) is 0 Å². The lowest BCUT2D eigenvalue weighted by Gasteiger charge is -2.35. The number of benzene rings is 4. The summed E-state index contributed by atoms with van der Waals surface area (Å²) >= 11 is 0. The molecule has 0 N–H and O–H groups in total. The fraction of sp³-hybridized carbons (Fsp3) is 0.400. The van der Waals surface area contributed by atoms with Crippen LogP contribution in [0.15, 0.2) is 60.7 Å². The fourth-order valence-electron chi connectivity index (χ4n) is 7.25. The van der Waals surface area contributed by atoms with E-state index in [4.69, 9.17) is 33.2 Å². The Morgan fingerprint density at radius 3 is 1.43 bits per heavy atom. The lowest BCUT2D eigenvalue weighted by atomic mass is 9.88. The maximum atomic E-state index is 6.64. The summed E-state index contributed by atoms with van der Waals surface area (Å²) in [6.45, 7) is 1.91. The number of hydrogen-bond acceptors (Lipinski definition) is 9. The quantitative estimate of drug-likeness (QED) is 0.158. The van der Waals surface area contributed by atoms with Crippen LogP contribution in [-0.4, -0.2) is 79.6 Å². The zero-order valence-corrected chi connectivity index (χ0v) is 29.9. The standard InChI is InChI=1S/C40H48N2O7/c1-41-15-13-26-19-35(43-3)38(46-6)22-30(26)32(41)17-25-9-11-29(12-10-25)49-34-24-40(48-8)37(45-5)21-28(34)18-33-31-23-39(47-7)36(44-4)20-27(31)14-16-42(33)2/h9-12,19-24,32-33H,13-18H2,1-8H3. The van der Waals surface area contributed by atoms with E-state index in [1.54, 1.807) is 42.7 Å². The molecule has 2 heterocycles. The van der Waals surface area contributed by atoms with Gasteiger partial charge in [-0.1, -0.05) is 12.1 Å². The molecule has 0 bridgehead atoms. The summed E-state index contributed by atoms with van der Waals surface area (Å²) in [6.07, 6.45) is 3.48. The minimum absolute atomic E-state index is 0.0975. The predicted molar refractivity (Wildman–Crippen MR) is 191 cm³/mol. The van der Waals surface area contributed by atoms with Crippen LogP contribution in [-0.2, 0) is 25.7 Å². The van der Waals surface area contributed by atoms with Crippen LogP contribution in [0, 0.1) is 0 Å². The highest BCUT2D eigenvalue weighted by Gasteiger charge is 2.30. The maximum absolute atomic E-state index is 6.64. The third-order valence-corrected chi connectivity index (χ3v) is 10.1. The zero-order valence-electron chi connectivity index (χ0n) is 29.9. The Morgan fingerprint density at radius 2 is 0.939 bits per heavy atom. The molecule has 9 nitrogen and oxygen atoms in total. The van der Waals surface area contributed by atoms with Gasteiger partial charge in [-0.2, -0.15) is 0 Å². The van der Waals surface area contributed by atoms with Crippen LogP contribution in [0.5, 0.6) is 46.0 Å². The molecule has 0 radical (unpaired) electrons. The lowest BCUT2D eigenvalue weighted by Crippen LogP contribution is -2.33. The van der Waals surface area contributed by atoms with Gasteiger partial charge in [-0.15, -0.1) is 0 Å². The lowest BCUT2D eigenvalue weighted by molar-refractivity contribution is 0.226. The predicted octanol–water partition coefficient (Wildman–Crippen LogP) is 7.07. The second kappa shape index (κ2) is 14.9. The van der Waals surface area contributed by atoms with Crippen molar-refractivity contribution in [2.75, 3.05) is 69.8 Å². The second-order valence-corrected chi connectivity index (χ2v) is 12.8. The monoisotopic (exact) mass is 668 g/mol. The van der Waals surface area contributed by atoms with E-state index in [-0.39, 0.29) is 12.1 Å². The molecule has 4 aromatic carbocycles. The van der Waals surface area contributed by atoms with Crippen molar-refractivity contribution in [3.05, 3.63) is 94.0 Å². The van der Waals surface area contributed by atoms with Gasteiger partial charge >= 0.3 is 0 Å². The smallest absolute Gasteiger partial charge is 0.164 e. The minimum Gasteiger partial charge on any atom is -0.493 e. The van der Waals surface area contributed by atoms with Crippen LogP contribution in [0.2, 0.25) is 0 Å². The molecule has 9 heteroatoms. The van der Waals surface area contributed by atoms with Gasteiger partial charge in [0.15, 0.2) is 34.5 Å². The highest BCUT2D eigenvalue weighted by molar-refractivity contribution is 5.55. The second-order valence-electron chi connectivity index (χ2n) is 12.8. The third-order valence-electron chi connectivity index (χ3n) is 10.1. The topological polar surface area (TPSA) is 71.1 Å². The van der Waals surface area contributed by atoms with E-state index in [2.05, 4.69) is 60.3 Å². The number of methoxy groups -OCH3 is 6. The van der Waals surface area contributed by atoms with Crippen LogP contribution in [0.25, 0.3) is 0 Å². The molecule has 0 saturated heterocycles. The Kier molecular flexibility index (Phi) is 10.4. The van der Waals surface area contributed by atoms with Gasteiger partial charge in [0.2, 0.25) is 0 Å². The van der Waals surface area contributed by atoms with Gasteiger partial charge in [-0.05, 0) is 110 Å². The van der Waals surface area contributed by atoms with E-state index in [0.717, 1.165) is 72.4 Å². The van der Waals surface area contributed by atoms with E-state index in [9.17, 15) is 0 Å². The Labute approximate surface area is 290 Å². The molecule has 0 spiro atoms. The van der Waals surface area contributed by atoms with Gasteiger partial charge in [0.1, 0.15) is 11.5 Å². The Bertz CT molecular complexity index is 1770. The molecule has 0 aliphatic carbocycles. The van der Waals surface area contributed by atoms with Crippen LogP contribution in [0.1, 0.15) is 45.5 Å². The summed E-state index contributed by atoms with van der Waals surface area (Å²) in [5, 5.41) is 0. The van der Waals surface area contributed by atoms with Crippen molar-refractivity contribution in [1.29, 1.82) is 0 Å². The molecule has 6 rings (SSSR count). The molecule has 0 aromatic heterocycles. The fourth-order valence-corrected chi connectivity index (χ4v) is 7.25. The van der Waals surface area contributed by atoms with Gasteiger partial charge in [-0.3, -0.25) is 9.80 Å². The van der Waals surface area contributed by atoms with Crippen LogP contribution in [0.4, 0.5) is 0 Å². The highest BCUT2D eigenvalue weighted by atomic mass is 16.5. The zero-order chi connectivity index (χ0) is 34.7. The Balaban J connectivity index is 1.27. The van der Waals surface area contributed by atoms with Gasteiger partial charge in [0, 0.05) is 36.8 Å². The molecular formula is C40H48N2O7. The summed E-state index contributed by atoms with van der Waals surface area (Å²) < 4.78 is 40.6. The van der Waals surface area contributed by atoms with Crippen molar-refractivity contribution in [2.24, 2.45) is 0 Å². The number of nitrogens with zero attached hydrogens (tertiary/aromatic N) is 2. The number of rotatable bonds is 12. The Hall–Kier alpha value is -4.60. The molecule has 4 aromatic rings. The molecule has 0 amide bonds. The van der Waals surface area contributed by atoms with E-state index in [0.29, 0.717) is 17.9 Å². The molecular weight excluding hydrogens is 620 g/mol. The molecule has 2 unspecified atom stereocenters. The molecule has 2 aliphatic rings. The largest absolute Gasteiger partial charge is 0.493 e. The number of ether oxygens (including phenoxy) is 7. The van der Waals surface area contributed by atoms with Crippen molar-refractivity contribution in [1.82, 2.24) is 9.80 Å². The van der Waals surface area contributed by atoms with E-state index in [1.807, 2.05) is 24.3 Å². The van der Waals surface area contributed by atoms with Gasteiger partial charge in [0.05, 0.1) is 42.7 Å². The molecule has 260 valence electrons. The highest BCUT2D eigenvalue weighted by Crippen LogP contribution is 2.44. The molecule has 2 aliphatic heterocycles. The Morgan fingerprint density at radius 1 is 0.510 bits per heavy atom. The molecule has 49 heavy (non-hydrogen) atoms. The molecule has 0 saturated carbocycles. The van der Waals surface area contributed by atoms with E-state index in [1.165, 1.54) is 27.8 Å². The average molecular weight is 669 g/mol. The third kappa shape index (κ3) is 6.96. The number of likely N-dealkylation sites (N-methyl/N-ethyl adjacent to an activating group) is 2. The van der Waals surface area contributed by atoms with Crippen LogP contribution >= 0.6 is 0 Å². The van der Waals surface area contributed by atoms with Gasteiger partial charge < -0.3 is 33.2 Å². The normalized spacial score (nSPS) is 17.5. The molecule has 2 atom stereocenters. The number of fused-ring (bicyclic) bond motifs is 2. The maximum Gasteiger partial charge on any atom is 0.164 e. The summed E-state index contributed by atoms with van der Waals surface area (Å²) in [4.78, 5) is 4.80. The van der Waals surface area contributed by atoms with E-state index >= 15 is 0 Å².